The Morgan fingerprint density at radius 1 is 0.340 bits per heavy atom. The van der Waals surface area contributed by atoms with Crippen LogP contribution in [0.1, 0.15) is 0 Å². The van der Waals surface area contributed by atoms with E-state index in [0.29, 0.717) is 5.69 Å². The lowest BCUT2D eigenvalue weighted by molar-refractivity contribution is 0.892. The average molecular weight is 682 g/mol. The van der Waals surface area contributed by atoms with Gasteiger partial charge in [-0.25, -0.2) is 9.36 Å². The Kier molecular flexibility index (Phi) is 8.27. The fraction of sp³-hybridized carbons (Fsp3) is 0. The third-order valence-corrected chi connectivity index (χ3v) is 9.57. The summed E-state index contributed by atoms with van der Waals surface area (Å²) in [4.78, 5) is 0. The number of hydrogen-bond donors (Lipinski definition) is 1. The summed E-state index contributed by atoms with van der Waals surface area (Å²) in [5.41, 5.74) is 21.6. The largest absolute Gasteiger partial charge is 0.398 e. The standard InChI is InChI=1S/C48H35N5/c49-42-33-38(43-45(34-19-7-1-8-20-34)50-52(39-27-15-5-16-28-39)47(43)36-23-11-3-12-24-36)31-32-41(42)44-46(35-21-9-2-10-22-35)51-53(40-29-17-6-18-30-40)48(44)37-25-13-4-14-26-37/h1-33H,49H2. The summed E-state index contributed by atoms with van der Waals surface area (Å²) in [5.74, 6) is 0. The molecule has 0 aliphatic carbocycles. The van der Waals surface area contributed by atoms with E-state index in [1.54, 1.807) is 0 Å². The molecule has 7 aromatic carbocycles. The summed E-state index contributed by atoms with van der Waals surface area (Å²) in [6.07, 6.45) is 0. The van der Waals surface area contributed by atoms with Gasteiger partial charge >= 0.3 is 0 Å². The van der Waals surface area contributed by atoms with Gasteiger partial charge in [-0.2, -0.15) is 10.2 Å². The maximum Gasteiger partial charge on any atom is 0.101 e. The predicted molar refractivity (Wildman–Crippen MR) is 218 cm³/mol. The minimum Gasteiger partial charge on any atom is -0.398 e. The van der Waals surface area contributed by atoms with E-state index in [0.717, 1.165) is 78.7 Å². The number of hydrogen-bond acceptors (Lipinski definition) is 3. The van der Waals surface area contributed by atoms with Gasteiger partial charge in [0.25, 0.3) is 0 Å². The van der Waals surface area contributed by atoms with Crippen molar-refractivity contribution in [1.82, 2.24) is 19.6 Å². The highest BCUT2D eigenvalue weighted by Gasteiger charge is 2.27. The van der Waals surface area contributed by atoms with Crippen LogP contribution >= 0.6 is 0 Å². The smallest absolute Gasteiger partial charge is 0.101 e. The molecule has 0 saturated heterocycles. The van der Waals surface area contributed by atoms with Crippen molar-refractivity contribution in [1.29, 1.82) is 0 Å². The molecule has 9 rings (SSSR count). The minimum atomic E-state index is 0.648. The Morgan fingerprint density at radius 2 is 0.698 bits per heavy atom. The van der Waals surface area contributed by atoms with Gasteiger partial charge in [-0.3, -0.25) is 0 Å². The van der Waals surface area contributed by atoms with Gasteiger partial charge < -0.3 is 5.73 Å². The molecule has 5 nitrogen and oxygen atoms in total. The molecule has 0 aliphatic heterocycles. The molecule has 0 saturated carbocycles. The van der Waals surface area contributed by atoms with Gasteiger partial charge in [0.05, 0.1) is 22.8 Å². The van der Waals surface area contributed by atoms with Gasteiger partial charge in [0.15, 0.2) is 0 Å². The highest BCUT2D eigenvalue weighted by atomic mass is 15.3. The molecule has 2 N–H and O–H groups in total. The molecule has 0 atom stereocenters. The highest BCUT2D eigenvalue weighted by Crippen LogP contribution is 2.46. The van der Waals surface area contributed by atoms with Crippen LogP contribution in [0.2, 0.25) is 0 Å². The molecule has 0 fully saturated rings. The summed E-state index contributed by atoms with van der Waals surface area (Å²) in [6, 6.07) is 68.7. The molecule has 0 unspecified atom stereocenters. The molecule has 0 radical (unpaired) electrons. The third-order valence-electron chi connectivity index (χ3n) is 9.57. The van der Waals surface area contributed by atoms with E-state index in [-0.39, 0.29) is 0 Å². The van der Waals surface area contributed by atoms with Crippen molar-refractivity contribution in [2.75, 3.05) is 5.73 Å². The highest BCUT2D eigenvalue weighted by molar-refractivity contribution is 5.99. The maximum atomic E-state index is 7.26. The lowest BCUT2D eigenvalue weighted by Gasteiger charge is -2.15. The Hall–Kier alpha value is -7.24. The van der Waals surface area contributed by atoms with Crippen molar-refractivity contribution >= 4 is 5.69 Å². The predicted octanol–water partition coefficient (Wildman–Crippen LogP) is 11.6. The van der Waals surface area contributed by atoms with E-state index in [2.05, 4.69) is 144 Å². The number of nitrogen functional groups attached to an aromatic ring is 1. The monoisotopic (exact) mass is 681 g/mol. The van der Waals surface area contributed by atoms with Gasteiger partial charge in [0, 0.05) is 44.6 Å². The number of benzene rings is 7. The van der Waals surface area contributed by atoms with Crippen molar-refractivity contribution in [3.05, 3.63) is 200 Å². The Morgan fingerprint density at radius 3 is 1.11 bits per heavy atom. The third kappa shape index (κ3) is 5.90. The van der Waals surface area contributed by atoms with E-state index in [1.165, 1.54) is 0 Å². The summed E-state index contributed by atoms with van der Waals surface area (Å²) in [6.45, 7) is 0. The Balaban J connectivity index is 1.32. The van der Waals surface area contributed by atoms with Gasteiger partial charge in [0.2, 0.25) is 0 Å². The molecule has 2 heterocycles. The van der Waals surface area contributed by atoms with Gasteiger partial charge in [0.1, 0.15) is 11.4 Å². The molecule has 2 aromatic heterocycles. The lowest BCUT2D eigenvalue weighted by Crippen LogP contribution is -2.00. The van der Waals surface area contributed by atoms with Crippen LogP contribution in [0.25, 0.3) is 78.7 Å². The average Bonchev–Trinajstić information content (AvgIpc) is 3.83. The second-order valence-corrected chi connectivity index (χ2v) is 12.9. The van der Waals surface area contributed by atoms with Crippen LogP contribution in [-0.2, 0) is 0 Å². The van der Waals surface area contributed by atoms with Crippen LogP contribution in [-0.4, -0.2) is 19.6 Å². The first kappa shape index (κ1) is 31.7. The first-order chi connectivity index (χ1) is 26.2. The van der Waals surface area contributed by atoms with Crippen molar-refractivity contribution in [3.8, 4) is 78.7 Å². The van der Waals surface area contributed by atoms with Gasteiger partial charge in [-0.15, -0.1) is 0 Å². The zero-order valence-corrected chi connectivity index (χ0v) is 28.9. The summed E-state index contributed by atoms with van der Waals surface area (Å²) in [7, 11) is 0. The number of nitrogens with two attached hydrogens (primary N) is 1. The Bertz CT molecular complexity index is 2630. The van der Waals surface area contributed by atoms with Gasteiger partial charge in [-0.1, -0.05) is 170 Å². The van der Waals surface area contributed by atoms with E-state index in [4.69, 9.17) is 15.9 Å². The van der Waals surface area contributed by atoms with Crippen molar-refractivity contribution in [2.24, 2.45) is 0 Å². The van der Waals surface area contributed by atoms with E-state index < -0.39 is 0 Å². The van der Waals surface area contributed by atoms with Crippen LogP contribution in [0.5, 0.6) is 0 Å². The van der Waals surface area contributed by atoms with Crippen LogP contribution in [0, 0.1) is 0 Å². The van der Waals surface area contributed by atoms with Crippen LogP contribution < -0.4 is 5.73 Å². The van der Waals surface area contributed by atoms with Gasteiger partial charge in [-0.05, 0) is 35.9 Å². The molecule has 53 heavy (non-hydrogen) atoms. The molecule has 9 aromatic rings. The van der Waals surface area contributed by atoms with Crippen LogP contribution in [0.4, 0.5) is 5.69 Å². The zero-order chi connectivity index (χ0) is 35.6. The number of nitrogens with zero attached hydrogens (tertiary/aromatic N) is 4. The molecule has 5 heteroatoms. The maximum absolute atomic E-state index is 7.26. The van der Waals surface area contributed by atoms with Crippen molar-refractivity contribution in [3.63, 3.8) is 0 Å². The Labute approximate surface area is 308 Å². The second-order valence-electron chi connectivity index (χ2n) is 12.9. The minimum absolute atomic E-state index is 0.648. The molecule has 252 valence electrons. The molecule has 0 amide bonds. The van der Waals surface area contributed by atoms with E-state index in [9.17, 15) is 0 Å². The second kappa shape index (κ2) is 13.8. The molecular weight excluding hydrogens is 647 g/mol. The van der Waals surface area contributed by atoms with Crippen molar-refractivity contribution < 1.29 is 0 Å². The topological polar surface area (TPSA) is 61.7 Å². The zero-order valence-electron chi connectivity index (χ0n) is 28.9. The summed E-state index contributed by atoms with van der Waals surface area (Å²) in [5, 5.41) is 10.6. The molecule has 0 aliphatic rings. The molecule has 0 spiro atoms. The quantitative estimate of drug-likeness (QED) is 0.162. The summed E-state index contributed by atoms with van der Waals surface area (Å²) < 4.78 is 4.10. The summed E-state index contributed by atoms with van der Waals surface area (Å²) >= 11 is 0. The number of para-hydroxylation sites is 2. The number of aromatic nitrogens is 4. The lowest BCUT2D eigenvalue weighted by atomic mass is 9.91. The van der Waals surface area contributed by atoms with Crippen LogP contribution in [0.15, 0.2) is 200 Å². The fourth-order valence-electron chi connectivity index (χ4n) is 7.14. The normalized spacial score (nSPS) is 11.1. The van der Waals surface area contributed by atoms with Crippen LogP contribution in [0.3, 0.4) is 0 Å². The molecule has 0 bridgehead atoms. The number of anilines is 1. The van der Waals surface area contributed by atoms with Crippen molar-refractivity contribution in [2.45, 2.75) is 0 Å². The fourth-order valence-corrected chi connectivity index (χ4v) is 7.14. The van der Waals surface area contributed by atoms with E-state index >= 15 is 0 Å². The first-order valence-electron chi connectivity index (χ1n) is 17.7. The SMILES string of the molecule is Nc1cc(-c2c(-c3ccccc3)nn(-c3ccccc3)c2-c2ccccc2)ccc1-c1c(-c2ccccc2)nn(-c2ccccc2)c1-c1ccccc1. The van der Waals surface area contributed by atoms with E-state index in [1.807, 2.05) is 65.3 Å². The number of rotatable bonds is 8. The first-order valence-corrected chi connectivity index (χ1v) is 17.7. The molecular formula is C48H35N5.